The highest BCUT2D eigenvalue weighted by Gasteiger charge is 2.61. The summed E-state index contributed by atoms with van der Waals surface area (Å²) in [7, 11) is 2.08. The fourth-order valence-corrected chi connectivity index (χ4v) is 4.91. The molecule has 0 aromatic heterocycles. The van der Waals surface area contributed by atoms with Gasteiger partial charge in [0.25, 0.3) is 0 Å². The summed E-state index contributed by atoms with van der Waals surface area (Å²) in [6.07, 6.45) is 0.685. The molecule has 1 spiro atoms. The van der Waals surface area contributed by atoms with Crippen molar-refractivity contribution in [2.75, 3.05) is 11.9 Å². The number of likely N-dealkylation sites (N-methyl/N-ethyl adjacent to an activating group) is 1. The molecule has 2 heterocycles. The molecule has 1 atom stereocenters. The van der Waals surface area contributed by atoms with Gasteiger partial charge in [0.2, 0.25) is 5.72 Å². The zero-order chi connectivity index (χ0) is 21.6. The number of hydrogen-bond acceptors (Lipinski definition) is 5. The summed E-state index contributed by atoms with van der Waals surface area (Å²) in [6.45, 7) is 4.45. The number of para-hydroxylation sites is 1. The van der Waals surface area contributed by atoms with E-state index in [1.54, 1.807) is 0 Å². The predicted octanol–water partition coefficient (Wildman–Crippen LogP) is 5.16. The first kappa shape index (κ1) is 19.4. The fourth-order valence-electron chi connectivity index (χ4n) is 4.91. The number of fused-ring (bicyclic) bond motifs is 1. The molecule has 3 aromatic rings. The van der Waals surface area contributed by atoms with E-state index < -0.39 is 5.72 Å². The van der Waals surface area contributed by atoms with Crippen LogP contribution in [-0.2, 0) is 10.3 Å². The van der Waals surface area contributed by atoms with Crippen LogP contribution in [0.25, 0.3) is 0 Å². The van der Waals surface area contributed by atoms with Crippen LogP contribution in [0.2, 0.25) is 0 Å². The van der Waals surface area contributed by atoms with E-state index in [1.165, 1.54) is 11.3 Å². The van der Waals surface area contributed by atoms with Crippen LogP contribution in [0, 0.1) is 0 Å². The third-order valence-electron chi connectivity index (χ3n) is 6.81. The number of oxime groups is 2. The Kier molecular flexibility index (Phi) is 4.36. The summed E-state index contributed by atoms with van der Waals surface area (Å²) in [4.78, 5) is 8.42. The third-order valence-corrected chi connectivity index (χ3v) is 6.81. The maximum atomic E-state index is 9.56. The lowest BCUT2D eigenvalue weighted by Crippen LogP contribution is -2.54. The Bertz CT molecular complexity index is 1180. The average molecular weight is 412 g/mol. The molecule has 2 aliphatic rings. The third kappa shape index (κ3) is 2.76. The summed E-state index contributed by atoms with van der Waals surface area (Å²) in [5, 5.41) is 17.6. The minimum atomic E-state index is -0.549. The molecule has 156 valence electrons. The van der Waals surface area contributed by atoms with Crippen LogP contribution in [-0.4, -0.2) is 29.4 Å². The van der Waals surface area contributed by atoms with Gasteiger partial charge in [-0.15, -0.1) is 0 Å². The Morgan fingerprint density at radius 3 is 2.26 bits per heavy atom. The molecule has 0 saturated heterocycles. The van der Waals surface area contributed by atoms with Gasteiger partial charge >= 0.3 is 0 Å². The van der Waals surface area contributed by atoms with Crippen LogP contribution < -0.4 is 4.90 Å². The Hall–Kier alpha value is -3.60. The Morgan fingerprint density at radius 2 is 1.58 bits per heavy atom. The SMILES string of the molecule is CN1c2ccccc2C(C)(C)[C@]12CC(c1ccc(/C(=N/O)c3ccccc3)cc1)=NO2. The van der Waals surface area contributed by atoms with E-state index in [9.17, 15) is 5.21 Å². The second-order valence-corrected chi connectivity index (χ2v) is 8.68. The highest BCUT2D eigenvalue weighted by atomic mass is 16.7. The van der Waals surface area contributed by atoms with Crippen molar-refractivity contribution >= 4 is 17.1 Å². The zero-order valence-electron chi connectivity index (χ0n) is 17.9. The van der Waals surface area contributed by atoms with Crippen molar-refractivity contribution in [1.29, 1.82) is 0 Å². The lowest BCUT2D eigenvalue weighted by molar-refractivity contribution is -0.0591. The van der Waals surface area contributed by atoms with Crippen LogP contribution in [0.3, 0.4) is 0 Å². The molecule has 1 N–H and O–H groups in total. The molecule has 5 nitrogen and oxygen atoms in total. The Morgan fingerprint density at radius 1 is 0.935 bits per heavy atom. The molecular weight excluding hydrogens is 386 g/mol. The van der Waals surface area contributed by atoms with Crippen molar-refractivity contribution in [3.63, 3.8) is 0 Å². The summed E-state index contributed by atoms with van der Waals surface area (Å²) in [5.41, 5.74) is 5.87. The topological polar surface area (TPSA) is 57.4 Å². The maximum absolute atomic E-state index is 9.56. The first-order valence-corrected chi connectivity index (χ1v) is 10.4. The van der Waals surface area contributed by atoms with E-state index in [0.29, 0.717) is 12.1 Å². The molecule has 0 radical (unpaired) electrons. The van der Waals surface area contributed by atoms with E-state index in [-0.39, 0.29) is 5.41 Å². The largest absolute Gasteiger partial charge is 0.410 e. The minimum Gasteiger partial charge on any atom is -0.410 e. The van der Waals surface area contributed by atoms with Crippen molar-refractivity contribution in [2.24, 2.45) is 10.3 Å². The number of rotatable bonds is 3. The van der Waals surface area contributed by atoms with E-state index in [0.717, 1.165) is 22.4 Å². The van der Waals surface area contributed by atoms with Crippen molar-refractivity contribution in [2.45, 2.75) is 31.4 Å². The minimum absolute atomic E-state index is 0.215. The normalized spacial score (nSPS) is 21.7. The molecule has 0 amide bonds. The van der Waals surface area contributed by atoms with E-state index in [4.69, 9.17) is 4.84 Å². The number of benzene rings is 3. The van der Waals surface area contributed by atoms with Gasteiger partial charge in [0.15, 0.2) is 0 Å². The lowest BCUT2D eigenvalue weighted by atomic mass is 9.75. The van der Waals surface area contributed by atoms with Gasteiger partial charge in [0, 0.05) is 23.9 Å². The molecule has 3 aromatic carbocycles. The van der Waals surface area contributed by atoms with Gasteiger partial charge in [-0.1, -0.05) is 83.1 Å². The van der Waals surface area contributed by atoms with Crippen molar-refractivity contribution < 1.29 is 10.0 Å². The first-order valence-electron chi connectivity index (χ1n) is 10.4. The zero-order valence-corrected chi connectivity index (χ0v) is 17.9. The molecule has 0 unspecified atom stereocenters. The molecule has 0 fully saturated rings. The van der Waals surface area contributed by atoms with Gasteiger partial charge in [0.05, 0.1) is 17.5 Å². The van der Waals surface area contributed by atoms with E-state index >= 15 is 0 Å². The van der Waals surface area contributed by atoms with Gasteiger partial charge in [-0.2, -0.15) is 0 Å². The molecule has 0 bridgehead atoms. The van der Waals surface area contributed by atoms with E-state index in [2.05, 4.69) is 60.4 Å². The summed E-state index contributed by atoms with van der Waals surface area (Å²) in [5.74, 6) is 0. The predicted molar refractivity (Wildman–Crippen MR) is 123 cm³/mol. The standard InChI is InChI=1S/C26H25N3O2/c1-25(2)21-11-7-8-12-23(21)29(3)26(25)17-22(28-31-26)18-13-15-20(16-14-18)24(27-30)19-9-5-4-6-10-19/h4-16,30H,17H2,1-3H3/b27-24+/t26-/m1/s1. The van der Waals surface area contributed by atoms with E-state index in [1.807, 2.05) is 54.6 Å². The van der Waals surface area contributed by atoms with Crippen LogP contribution in [0.15, 0.2) is 89.2 Å². The molecule has 0 saturated carbocycles. The van der Waals surface area contributed by atoms with Crippen LogP contribution in [0.4, 0.5) is 5.69 Å². The van der Waals surface area contributed by atoms with Gasteiger partial charge in [-0.3, -0.25) is 0 Å². The second kappa shape index (κ2) is 6.98. The molecular formula is C26H25N3O2. The molecule has 5 rings (SSSR count). The Labute approximate surface area is 182 Å². The van der Waals surface area contributed by atoms with Crippen LogP contribution >= 0.6 is 0 Å². The summed E-state index contributed by atoms with van der Waals surface area (Å²) >= 11 is 0. The molecule has 5 heteroatoms. The van der Waals surface area contributed by atoms with Crippen molar-refractivity contribution in [3.05, 3.63) is 101 Å². The van der Waals surface area contributed by atoms with Gasteiger partial charge in [0.1, 0.15) is 5.71 Å². The van der Waals surface area contributed by atoms with Gasteiger partial charge in [-0.25, -0.2) is 0 Å². The second-order valence-electron chi connectivity index (χ2n) is 8.68. The van der Waals surface area contributed by atoms with Crippen LogP contribution in [0.5, 0.6) is 0 Å². The van der Waals surface area contributed by atoms with Crippen molar-refractivity contribution in [1.82, 2.24) is 0 Å². The smallest absolute Gasteiger partial charge is 0.224 e. The van der Waals surface area contributed by atoms with Crippen molar-refractivity contribution in [3.8, 4) is 0 Å². The highest BCUT2D eigenvalue weighted by Crippen LogP contribution is 2.55. The van der Waals surface area contributed by atoms with Crippen LogP contribution in [0.1, 0.15) is 42.5 Å². The molecule has 2 aliphatic heterocycles. The molecule has 0 aliphatic carbocycles. The summed E-state index contributed by atoms with van der Waals surface area (Å²) < 4.78 is 0. The number of anilines is 1. The highest BCUT2D eigenvalue weighted by molar-refractivity contribution is 6.13. The Balaban J connectivity index is 1.42. The average Bonchev–Trinajstić information content (AvgIpc) is 3.33. The lowest BCUT2D eigenvalue weighted by Gasteiger charge is -2.40. The number of hydrogen-bond donors (Lipinski definition) is 1. The number of nitrogens with zero attached hydrogens (tertiary/aromatic N) is 3. The fraction of sp³-hybridized carbons (Fsp3) is 0.231. The van der Waals surface area contributed by atoms with Gasteiger partial charge < -0.3 is 14.9 Å². The monoisotopic (exact) mass is 411 g/mol. The quantitative estimate of drug-likeness (QED) is 0.368. The van der Waals surface area contributed by atoms with Gasteiger partial charge in [-0.05, 0) is 31.0 Å². The molecule has 31 heavy (non-hydrogen) atoms. The maximum Gasteiger partial charge on any atom is 0.224 e. The summed E-state index contributed by atoms with van der Waals surface area (Å²) in [6, 6.07) is 26.1. The first-order chi connectivity index (χ1) is 15.0.